The summed E-state index contributed by atoms with van der Waals surface area (Å²) in [4.78, 5) is 31.8. The van der Waals surface area contributed by atoms with Crippen LogP contribution < -0.4 is 5.32 Å². The summed E-state index contributed by atoms with van der Waals surface area (Å²) in [6.45, 7) is 2.16. The van der Waals surface area contributed by atoms with Crippen molar-refractivity contribution >= 4 is 11.9 Å². The summed E-state index contributed by atoms with van der Waals surface area (Å²) in [7, 11) is 6.03. The highest BCUT2D eigenvalue weighted by Gasteiger charge is 2.54. The van der Waals surface area contributed by atoms with E-state index in [-0.39, 0.29) is 23.0 Å². The smallest absolute Gasteiger partial charge is 0.320 e. The first-order chi connectivity index (χ1) is 14.9. The van der Waals surface area contributed by atoms with Crippen LogP contribution in [0.3, 0.4) is 0 Å². The summed E-state index contributed by atoms with van der Waals surface area (Å²) in [5.74, 6) is 0.646. The van der Waals surface area contributed by atoms with Crippen LogP contribution in [0.1, 0.15) is 56.9 Å². The second kappa shape index (κ2) is 8.81. The highest BCUT2D eigenvalue weighted by molar-refractivity contribution is 5.80. The van der Waals surface area contributed by atoms with Crippen LogP contribution in [0.15, 0.2) is 30.3 Å². The van der Waals surface area contributed by atoms with E-state index in [1.165, 1.54) is 24.8 Å². The number of benzene rings is 1. The number of carbonyl (C=O) groups is 2. The number of urea groups is 1. The molecule has 0 bridgehead atoms. The van der Waals surface area contributed by atoms with Gasteiger partial charge in [-0.2, -0.15) is 0 Å². The molecule has 2 saturated carbocycles. The van der Waals surface area contributed by atoms with Crippen molar-refractivity contribution in [2.24, 2.45) is 5.92 Å². The number of nitrogens with zero attached hydrogens (tertiary/aromatic N) is 3. The fraction of sp³-hybridized carbons (Fsp3) is 0.680. The van der Waals surface area contributed by atoms with E-state index in [9.17, 15) is 9.59 Å². The second-order valence-corrected chi connectivity index (χ2v) is 10.1. The van der Waals surface area contributed by atoms with E-state index < -0.39 is 0 Å². The Hall–Kier alpha value is -2.08. The molecule has 1 aromatic rings. The Kier molecular flexibility index (Phi) is 6.29. The fourth-order valence-corrected chi connectivity index (χ4v) is 5.92. The fourth-order valence-electron chi connectivity index (χ4n) is 5.92. The first-order valence-electron chi connectivity index (χ1n) is 11.9. The van der Waals surface area contributed by atoms with E-state index in [4.69, 9.17) is 0 Å². The zero-order chi connectivity index (χ0) is 22.1. The van der Waals surface area contributed by atoms with Gasteiger partial charge in [0.1, 0.15) is 0 Å². The summed E-state index contributed by atoms with van der Waals surface area (Å²) < 4.78 is 0. The summed E-state index contributed by atoms with van der Waals surface area (Å²) in [6, 6.07) is 11.0. The van der Waals surface area contributed by atoms with Crippen molar-refractivity contribution in [3.8, 4) is 0 Å². The predicted octanol–water partition coefficient (Wildman–Crippen LogP) is 3.43. The number of amides is 3. The number of nitrogens with one attached hydrogen (secondary N) is 1. The SMILES string of the molecule is CNC(=O)CCN1C[C@]2(CC[C@@](c3ccccc3)(N(C)C)CC2)N(CC2CCC2)C1=O. The van der Waals surface area contributed by atoms with E-state index in [0.29, 0.717) is 18.9 Å². The minimum Gasteiger partial charge on any atom is -0.359 e. The minimum atomic E-state index is -0.0936. The Morgan fingerprint density at radius 3 is 2.35 bits per heavy atom. The largest absolute Gasteiger partial charge is 0.359 e. The second-order valence-electron chi connectivity index (χ2n) is 10.1. The van der Waals surface area contributed by atoms with Gasteiger partial charge in [-0.25, -0.2) is 4.79 Å². The van der Waals surface area contributed by atoms with Crippen LogP contribution in [0.5, 0.6) is 0 Å². The van der Waals surface area contributed by atoms with E-state index in [1.54, 1.807) is 7.05 Å². The maximum Gasteiger partial charge on any atom is 0.320 e. The molecule has 0 aromatic heterocycles. The Morgan fingerprint density at radius 2 is 1.81 bits per heavy atom. The summed E-state index contributed by atoms with van der Waals surface area (Å²) >= 11 is 0. The van der Waals surface area contributed by atoms with Crippen molar-refractivity contribution in [2.75, 3.05) is 40.8 Å². The number of rotatable bonds is 7. The van der Waals surface area contributed by atoms with Gasteiger partial charge in [0.25, 0.3) is 0 Å². The van der Waals surface area contributed by atoms with Crippen molar-refractivity contribution in [2.45, 2.75) is 62.4 Å². The normalized spacial score (nSPS) is 29.0. The molecule has 2 aliphatic carbocycles. The molecule has 1 saturated heterocycles. The minimum absolute atomic E-state index is 0.00126. The lowest BCUT2D eigenvalue weighted by Gasteiger charge is -2.51. The van der Waals surface area contributed by atoms with Gasteiger partial charge in [0.15, 0.2) is 0 Å². The van der Waals surface area contributed by atoms with Gasteiger partial charge in [-0.05, 0) is 64.1 Å². The molecule has 4 rings (SSSR count). The van der Waals surface area contributed by atoms with Crippen LogP contribution in [-0.4, -0.2) is 73.0 Å². The van der Waals surface area contributed by atoms with Crippen LogP contribution >= 0.6 is 0 Å². The van der Waals surface area contributed by atoms with Crippen molar-refractivity contribution in [3.63, 3.8) is 0 Å². The van der Waals surface area contributed by atoms with Gasteiger partial charge in [0.05, 0.1) is 5.54 Å². The molecule has 1 heterocycles. The zero-order valence-corrected chi connectivity index (χ0v) is 19.4. The third kappa shape index (κ3) is 4.07. The Labute approximate surface area is 187 Å². The van der Waals surface area contributed by atoms with Crippen molar-refractivity contribution in [1.82, 2.24) is 20.0 Å². The van der Waals surface area contributed by atoms with Crippen molar-refractivity contribution in [3.05, 3.63) is 35.9 Å². The van der Waals surface area contributed by atoms with Gasteiger partial charge in [-0.15, -0.1) is 0 Å². The molecule has 1 aliphatic heterocycles. The molecule has 1 N–H and O–H groups in total. The predicted molar refractivity (Wildman–Crippen MR) is 123 cm³/mol. The van der Waals surface area contributed by atoms with Gasteiger partial charge in [-0.3, -0.25) is 9.69 Å². The summed E-state index contributed by atoms with van der Waals surface area (Å²) in [5, 5.41) is 2.68. The lowest BCUT2D eigenvalue weighted by molar-refractivity contribution is -0.120. The van der Waals surface area contributed by atoms with Gasteiger partial charge < -0.3 is 15.1 Å². The standard InChI is InChI=1S/C25H38N4O2/c1-26-22(30)12-17-28-19-24(29(23(28)31)18-20-8-7-9-20)13-15-25(16-14-24,27(2)3)21-10-5-4-6-11-21/h4-6,10-11,20H,7-9,12-19H2,1-3H3,(H,26,30)/t24-,25-. The molecule has 6 heteroatoms. The maximum absolute atomic E-state index is 13.4. The lowest BCUT2D eigenvalue weighted by atomic mass is 9.68. The van der Waals surface area contributed by atoms with Gasteiger partial charge in [-0.1, -0.05) is 36.8 Å². The Morgan fingerprint density at radius 1 is 1.13 bits per heavy atom. The van der Waals surface area contributed by atoms with Crippen LogP contribution in [0.25, 0.3) is 0 Å². The van der Waals surface area contributed by atoms with E-state index in [2.05, 4.69) is 59.5 Å². The lowest BCUT2D eigenvalue weighted by Crippen LogP contribution is -2.56. The van der Waals surface area contributed by atoms with E-state index in [0.717, 1.165) is 38.8 Å². The van der Waals surface area contributed by atoms with Crippen molar-refractivity contribution < 1.29 is 9.59 Å². The molecule has 3 fully saturated rings. The molecule has 1 spiro atoms. The monoisotopic (exact) mass is 426 g/mol. The molecule has 31 heavy (non-hydrogen) atoms. The molecule has 6 nitrogen and oxygen atoms in total. The van der Waals surface area contributed by atoms with Gasteiger partial charge in [0, 0.05) is 38.6 Å². The molecule has 3 amide bonds. The average molecular weight is 427 g/mol. The molecular formula is C25H38N4O2. The molecule has 0 unspecified atom stereocenters. The van der Waals surface area contributed by atoms with Crippen LogP contribution in [0.4, 0.5) is 4.79 Å². The van der Waals surface area contributed by atoms with Gasteiger partial charge >= 0.3 is 6.03 Å². The third-order valence-electron chi connectivity index (χ3n) is 8.29. The van der Waals surface area contributed by atoms with Crippen LogP contribution in [0, 0.1) is 5.92 Å². The number of hydrogen-bond acceptors (Lipinski definition) is 3. The highest BCUT2D eigenvalue weighted by atomic mass is 16.2. The zero-order valence-electron chi connectivity index (χ0n) is 19.4. The molecule has 3 aliphatic rings. The molecule has 1 aromatic carbocycles. The van der Waals surface area contributed by atoms with E-state index in [1.807, 2.05) is 4.90 Å². The summed E-state index contributed by atoms with van der Waals surface area (Å²) in [5.41, 5.74) is 1.30. The molecular weight excluding hydrogens is 388 g/mol. The van der Waals surface area contributed by atoms with Gasteiger partial charge in [0.2, 0.25) is 5.91 Å². The molecule has 0 atom stereocenters. The Balaban J connectivity index is 1.55. The number of hydrogen-bond donors (Lipinski definition) is 1. The molecule has 170 valence electrons. The first-order valence-corrected chi connectivity index (χ1v) is 11.9. The first kappa shape index (κ1) is 22.1. The third-order valence-corrected chi connectivity index (χ3v) is 8.29. The van der Waals surface area contributed by atoms with Crippen molar-refractivity contribution in [1.29, 1.82) is 0 Å². The van der Waals surface area contributed by atoms with Crippen LogP contribution in [0.2, 0.25) is 0 Å². The van der Waals surface area contributed by atoms with Crippen LogP contribution in [-0.2, 0) is 10.3 Å². The Bertz CT molecular complexity index is 782. The topological polar surface area (TPSA) is 55.9 Å². The number of carbonyl (C=O) groups excluding carboxylic acids is 2. The van der Waals surface area contributed by atoms with E-state index >= 15 is 0 Å². The maximum atomic E-state index is 13.4. The summed E-state index contributed by atoms with van der Waals surface area (Å²) in [6.07, 6.45) is 8.25. The highest BCUT2D eigenvalue weighted by Crippen LogP contribution is 2.49. The molecule has 0 radical (unpaired) electrons. The average Bonchev–Trinajstić information content (AvgIpc) is 3.00. The quantitative estimate of drug-likeness (QED) is 0.727.